The van der Waals surface area contributed by atoms with Crippen molar-refractivity contribution in [3.8, 4) is 0 Å². The van der Waals surface area contributed by atoms with Crippen LogP contribution in [0.4, 0.5) is 0 Å². The molecule has 1 aliphatic rings. The molecule has 112 valence electrons. The van der Waals surface area contributed by atoms with E-state index >= 15 is 0 Å². The van der Waals surface area contributed by atoms with Gasteiger partial charge in [0.05, 0.1) is 0 Å². The van der Waals surface area contributed by atoms with E-state index in [2.05, 4.69) is 56.9 Å². The average molecular weight is 273 g/mol. The van der Waals surface area contributed by atoms with E-state index in [0.717, 1.165) is 6.04 Å². The molecule has 1 heterocycles. The first-order valence-corrected chi connectivity index (χ1v) is 8.34. The second kappa shape index (κ2) is 6.76. The zero-order valence-electron chi connectivity index (χ0n) is 13.8. The molecule has 2 rings (SSSR count). The van der Waals surface area contributed by atoms with Gasteiger partial charge in [-0.15, -0.1) is 0 Å². The van der Waals surface area contributed by atoms with Gasteiger partial charge in [0.1, 0.15) is 0 Å². The molecule has 1 atom stereocenters. The Kier molecular flexibility index (Phi) is 5.26. The first-order valence-electron chi connectivity index (χ1n) is 8.34. The zero-order valence-corrected chi connectivity index (χ0v) is 13.8. The quantitative estimate of drug-likeness (QED) is 0.762. The number of likely N-dealkylation sites (tertiary alicyclic amines) is 1. The predicted molar refractivity (Wildman–Crippen MR) is 88.3 cm³/mol. The molecule has 0 N–H and O–H groups in total. The highest BCUT2D eigenvalue weighted by Crippen LogP contribution is 2.24. The van der Waals surface area contributed by atoms with E-state index in [1.54, 1.807) is 0 Å². The Morgan fingerprint density at radius 3 is 2.40 bits per heavy atom. The number of benzene rings is 1. The first kappa shape index (κ1) is 15.6. The van der Waals surface area contributed by atoms with Crippen molar-refractivity contribution >= 4 is 0 Å². The standard InChI is InChI=1S/C19H31N/c1-5-18(20-12-7-6-8-13-20)15-16-10-9-11-17(14-16)19(2,3)4/h9-11,14,18H,5-8,12-13,15H2,1-4H3. The maximum atomic E-state index is 2.72. The van der Waals surface area contributed by atoms with Crippen molar-refractivity contribution in [2.45, 2.75) is 71.3 Å². The third-order valence-corrected chi connectivity index (χ3v) is 4.64. The molecule has 1 heteroatoms. The molecule has 1 nitrogen and oxygen atoms in total. The van der Waals surface area contributed by atoms with E-state index in [4.69, 9.17) is 0 Å². The molecule has 0 aromatic heterocycles. The minimum absolute atomic E-state index is 0.253. The predicted octanol–water partition coefficient (Wildman–Crippen LogP) is 4.79. The van der Waals surface area contributed by atoms with E-state index in [-0.39, 0.29) is 5.41 Å². The van der Waals surface area contributed by atoms with Crippen LogP contribution in [0.15, 0.2) is 24.3 Å². The van der Waals surface area contributed by atoms with Gasteiger partial charge >= 0.3 is 0 Å². The monoisotopic (exact) mass is 273 g/mol. The van der Waals surface area contributed by atoms with Gasteiger partial charge in [-0.05, 0) is 55.3 Å². The largest absolute Gasteiger partial charge is 0.300 e. The number of hydrogen-bond acceptors (Lipinski definition) is 1. The van der Waals surface area contributed by atoms with Gasteiger partial charge in [-0.25, -0.2) is 0 Å². The first-order chi connectivity index (χ1) is 9.50. The second-order valence-electron chi connectivity index (χ2n) is 7.31. The Morgan fingerprint density at radius 2 is 1.80 bits per heavy atom. The topological polar surface area (TPSA) is 3.24 Å². The van der Waals surface area contributed by atoms with Gasteiger partial charge in [-0.1, -0.05) is 58.4 Å². The van der Waals surface area contributed by atoms with Crippen LogP contribution in [0, 0.1) is 0 Å². The lowest BCUT2D eigenvalue weighted by Gasteiger charge is -2.34. The van der Waals surface area contributed by atoms with Crippen molar-refractivity contribution in [2.24, 2.45) is 0 Å². The fourth-order valence-corrected chi connectivity index (χ4v) is 3.25. The lowest BCUT2D eigenvalue weighted by Crippen LogP contribution is -2.40. The fraction of sp³-hybridized carbons (Fsp3) is 0.684. The van der Waals surface area contributed by atoms with Gasteiger partial charge in [-0.3, -0.25) is 0 Å². The number of hydrogen-bond donors (Lipinski definition) is 0. The fourth-order valence-electron chi connectivity index (χ4n) is 3.25. The summed E-state index contributed by atoms with van der Waals surface area (Å²) in [6.45, 7) is 11.8. The van der Waals surface area contributed by atoms with Crippen molar-refractivity contribution in [1.29, 1.82) is 0 Å². The maximum Gasteiger partial charge on any atom is 0.0133 e. The van der Waals surface area contributed by atoms with Crippen molar-refractivity contribution in [1.82, 2.24) is 4.90 Å². The smallest absolute Gasteiger partial charge is 0.0133 e. The van der Waals surface area contributed by atoms with Crippen LogP contribution in [-0.2, 0) is 11.8 Å². The Morgan fingerprint density at radius 1 is 1.10 bits per heavy atom. The molecule has 1 aliphatic heterocycles. The third-order valence-electron chi connectivity index (χ3n) is 4.64. The average Bonchev–Trinajstić information content (AvgIpc) is 2.45. The highest BCUT2D eigenvalue weighted by molar-refractivity contribution is 5.29. The van der Waals surface area contributed by atoms with Gasteiger partial charge in [0.15, 0.2) is 0 Å². The molecule has 1 saturated heterocycles. The Hall–Kier alpha value is -0.820. The number of piperidine rings is 1. The molecule has 1 aromatic carbocycles. The molecule has 0 bridgehead atoms. The zero-order chi connectivity index (χ0) is 14.6. The van der Waals surface area contributed by atoms with Crippen molar-refractivity contribution in [3.63, 3.8) is 0 Å². The minimum atomic E-state index is 0.253. The molecule has 1 unspecified atom stereocenters. The van der Waals surface area contributed by atoms with Crippen LogP contribution in [0.1, 0.15) is 64.5 Å². The Labute approximate surface area is 125 Å². The second-order valence-corrected chi connectivity index (χ2v) is 7.31. The number of nitrogens with zero attached hydrogens (tertiary/aromatic N) is 1. The van der Waals surface area contributed by atoms with Crippen LogP contribution in [0.5, 0.6) is 0 Å². The molecule has 0 radical (unpaired) electrons. The van der Waals surface area contributed by atoms with Crippen LogP contribution in [0.25, 0.3) is 0 Å². The van der Waals surface area contributed by atoms with Crippen molar-refractivity contribution < 1.29 is 0 Å². The van der Waals surface area contributed by atoms with Crippen LogP contribution in [-0.4, -0.2) is 24.0 Å². The lowest BCUT2D eigenvalue weighted by molar-refractivity contribution is 0.158. The highest BCUT2D eigenvalue weighted by Gasteiger charge is 2.20. The summed E-state index contributed by atoms with van der Waals surface area (Å²) in [5.41, 5.74) is 3.22. The van der Waals surface area contributed by atoms with Crippen LogP contribution >= 0.6 is 0 Å². The Bertz CT molecular complexity index is 410. The van der Waals surface area contributed by atoms with Crippen LogP contribution < -0.4 is 0 Å². The number of rotatable bonds is 4. The van der Waals surface area contributed by atoms with E-state index < -0.39 is 0 Å². The molecule has 0 aliphatic carbocycles. The van der Waals surface area contributed by atoms with E-state index in [0.29, 0.717) is 0 Å². The summed E-state index contributed by atoms with van der Waals surface area (Å²) >= 11 is 0. The summed E-state index contributed by atoms with van der Waals surface area (Å²) in [6, 6.07) is 9.96. The lowest BCUT2D eigenvalue weighted by atomic mass is 9.85. The summed E-state index contributed by atoms with van der Waals surface area (Å²) in [5, 5.41) is 0. The van der Waals surface area contributed by atoms with Gasteiger partial charge in [0.2, 0.25) is 0 Å². The van der Waals surface area contributed by atoms with Gasteiger partial charge in [0.25, 0.3) is 0 Å². The van der Waals surface area contributed by atoms with Gasteiger partial charge in [0, 0.05) is 6.04 Å². The highest BCUT2D eigenvalue weighted by atomic mass is 15.2. The summed E-state index contributed by atoms with van der Waals surface area (Å²) in [7, 11) is 0. The summed E-state index contributed by atoms with van der Waals surface area (Å²) in [5.74, 6) is 0. The Balaban J connectivity index is 2.07. The normalized spacial score (nSPS) is 19.0. The van der Waals surface area contributed by atoms with E-state index in [9.17, 15) is 0 Å². The third kappa shape index (κ3) is 4.09. The van der Waals surface area contributed by atoms with Gasteiger partial charge < -0.3 is 4.90 Å². The molecule has 0 saturated carbocycles. The van der Waals surface area contributed by atoms with Gasteiger partial charge in [-0.2, -0.15) is 0 Å². The van der Waals surface area contributed by atoms with Crippen LogP contribution in [0.2, 0.25) is 0 Å². The van der Waals surface area contributed by atoms with E-state index in [1.807, 2.05) is 0 Å². The molecular formula is C19H31N. The summed E-state index contributed by atoms with van der Waals surface area (Å²) in [6.07, 6.45) is 6.67. The molecule has 0 spiro atoms. The molecule has 20 heavy (non-hydrogen) atoms. The SMILES string of the molecule is CCC(Cc1cccc(C(C)(C)C)c1)N1CCCCC1. The molecule has 0 amide bonds. The molecular weight excluding hydrogens is 242 g/mol. The summed E-state index contributed by atoms with van der Waals surface area (Å²) in [4.78, 5) is 2.72. The maximum absolute atomic E-state index is 2.72. The van der Waals surface area contributed by atoms with Crippen molar-refractivity contribution in [3.05, 3.63) is 35.4 Å². The van der Waals surface area contributed by atoms with E-state index in [1.165, 1.54) is 56.3 Å². The summed E-state index contributed by atoms with van der Waals surface area (Å²) < 4.78 is 0. The molecule has 1 aromatic rings. The molecule has 1 fully saturated rings. The minimum Gasteiger partial charge on any atom is -0.300 e. The van der Waals surface area contributed by atoms with Crippen LogP contribution in [0.3, 0.4) is 0 Å². The van der Waals surface area contributed by atoms with Crippen molar-refractivity contribution in [2.75, 3.05) is 13.1 Å².